The van der Waals surface area contributed by atoms with E-state index in [1.807, 2.05) is 31.2 Å². The molecule has 0 atom stereocenters. The molecule has 0 fully saturated rings. The fourth-order valence-corrected chi connectivity index (χ4v) is 1.52. The molecule has 0 aliphatic carbocycles. The Morgan fingerprint density at radius 1 is 1.33 bits per heavy atom. The topological polar surface area (TPSA) is 65.0 Å². The molecule has 5 heteroatoms. The largest absolute Gasteiger partial charge is 0.493 e. The number of nitrogens with zero attached hydrogens (tertiary/aromatic N) is 3. The maximum Gasteiger partial charge on any atom is 0.186 e. The molecule has 0 aliphatic rings. The first kappa shape index (κ1) is 12.2. The molecule has 0 radical (unpaired) electrons. The Kier molecular flexibility index (Phi) is 3.62. The zero-order valence-electron chi connectivity index (χ0n) is 10.3. The maximum atomic E-state index is 11.3. The summed E-state index contributed by atoms with van der Waals surface area (Å²) in [5.41, 5.74) is 1.03. The van der Waals surface area contributed by atoms with Gasteiger partial charge in [0, 0.05) is 6.92 Å². The minimum absolute atomic E-state index is 0.139. The minimum atomic E-state index is -0.139. The fraction of sp³-hybridized carbons (Fsp3) is 0.231. The van der Waals surface area contributed by atoms with E-state index in [0.29, 0.717) is 23.9 Å². The van der Waals surface area contributed by atoms with Gasteiger partial charge in [0.1, 0.15) is 11.4 Å². The quantitative estimate of drug-likeness (QED) is 0.770. The van der Waals surface area contributed by atoms with Crippen molar-refractivity contribution in [2.24, 2.45) is 0 Å². The fourth-order valence-electron chi connectivity index (χ4n) is 1.52. The van der Waals surface area contributed by atoms with Gasteiger partial charge in [0.25, 0.3) is 0 Å². The number of hydrogen-bond acceptors (Lipinski definition) is 5. The summed E-state index contributed by atoms with van der Waals surface area (Å²) in [4.78, 5) is 15.5. The van der Waals surface area contributed by atoms with E-state index < -0.39 is 0 Å². The van der Waals surface area contributed by atoms with Crippen molar-refractivity contribution in [1.82, 2.24) is 15.2 Å². The molecule has 0 spiro atoms. The third-order valence-electron chi connectivity index (χ3n) is 2.35. The molecule has 1 aromatic heterocycles. The van der Waals surface area contributed by atoms with Crippen LogP contribution in [0, 0.1) is 0 Å². The summed E-state index contributed by atoms with van der Waals surface area (Å²) in [5, 5.41) is 7.74. The van der Waals surface area contributed by atoms with Gasteiger partial charge >= 0.3 is 0 Å². The lowest BCUT2D eigenvalue weighted by Gasteiger charge is -2.08. The lowest BCUT2D eigenvalue weighted by molar-refractivity contribution is 0.101. The third-order valence-corrected chi connectivity index (χ3v) is 2.35. The van der Waals surface area contributed by atoms with Gasteiger partial charge < -0.3 is 4.74 Å². The molecular formula is C13H13N3O2. The van der Waals surface area contributed by atoms with Crippen molar-refractivity contribution in [3.8, 4) is 17.1 Å². The van der Waals surface area contributed by atoms with Crippen LogP contribution in [0.1, 0.15) is 24.3 Å². The Morgan fingerprint density at radius 3 is 2.83 bits per heavy atom. The van der Waals surface area contributed by atoms with Gasteiger partial charge in [-0.15, -0.1) is 5.10 Å². The molecule has 5 nitrogen and oxygen atoms in total. The molecule has 2 rings (SSSR count). The highest BCUT2D eigenvalue weighted by Crippen LogP contribution is 2.26. The molecule has 0 bridgehead atoms. The summed E-state index contributed by atoms with van der Waals surface area (Å²) in [6.45, 7) is 3.90. The van der Waals surface area contributed by atoms with Crippen LogP contribution in [0.4, 0.5) is 0 Å². The summed E-state index contributed by atoms with van der Waals surface area (Å²) < 4.78 is 5.50. The lowest BCUT2D eigenvalue weighted by atomic mass is 10.2. The van der Waals surface area contributed by atoms with Crippen molar-refractivity contribution in [2.45, 2.75) is 13.8 Å². The second kappa shape index (κ2) is 5.35. The smallest absolute Gasteiger partial charge is 0.186 e. The van der Waals surface area contributed by atoms with E-state index in [4.69, 9.17) is 4.74 Å². The van der Waals surface area contributed by atoms with Gasteiger partial charge in [-0.05, 0) is 19.1 Å². The highest BCUT2D eigenvalue weighted by Gasteiger charge is 2.11. The number of ketones is 1. The average molecular weight is 243 g/mol. The first-order chi connectivity index (χ1) is 8.72. The normalized spacial score (nSPS) is 10.1. The van der Waals surface area contributed by atoms with Crippen molar-refractivity contribution < 1.29 is 9.53 Å². The van der Waals surface area contributed by atoms with Crippen molar-refractivity contribution in [3.63, 3.8) is 0 Å². The van der Waals surface area contributed by atoms with Crippen LogP contribution in [-0.4, -0.2) is 27.6 Å². The van der Waals surface area contributed by atoms with Gasteiger partial charge in [0.2, 0.25) is 0 Å². The summed E-state index contributed by atoms with van der Waals surface area (Å²) in [7, 11) is 0. The molecule has 0 N–H and O–H groups in total. The Hall–Kier alpha value is -2.30. The Labute approximate surface area is 105 Å². The molecule has 0 aliphatic heterocycles. The van der Waals surface area contributed by atoms with Crippen LogP contribution >= 0.6 is 0 Å². The molecule has 92 valence electrons. The zero-order chi connectivity index (χ0) is 13.0. The molecule has 1 aromatic carbocycles. The van der Waals surface area contributed by atoms with Crippen LogP contribution in [0.25, 0.3) is 11.4 Å². The van der Waals surface area contributed by atoms with Crippen LogP contribution in [0.5, 0.6) is 5.75 Å². The van der Waals surface area contributed by atoms with Gasteiger partial charge in [-0.25, -0.2) is 4.98 Å². The summed E-state index contributed by atoms with van der Waals surface area (Å²) in [6.07, 6.45) is 1.36. The first-order valence-corrected chi connectivity index (χ1v) is 5.65. The van der Waals surface area contributed by atoms with Gasteiger partial charge in [0.05, 0.1) is 18.4 Å². The maximum absolute atomic E-state index is 11.3. The molecule has 0 unspecified atom stereocenters. The van der Waals surface area contributed by atoms with Gasteiger partial charge in [0.15, 0.2) is 11.6 Å². The molecule has 1 heterocycles. The monoisotopic (exact) mass is 243 g/mol. The number of ether oxygens (including phenoxy) is 1. The molecule has 2 aromatic rings. The summed E-state index contributed by atoms with van der Waals surface area (Å²) >= 11 is 0. The zero-order valence-corrected chi connectivity index (χ0v) is 10.3. The van der Waals surface area contributed by atoms with E-state index in [9.17, 15) is 4.79 Å². The summed E-state index contributed by atoms with van der Waals surface area (Å²) in [5.74, 6) is 0.939. The standard InChI is InChI=1S/C13H13N3O2/c1-3-18-12-7-5-4-6-10(12)13-15-11(9(2)17)8-14-16-13/h4-8H,3H2,1-2H3. The predicted molar refractivity (Wildman–Crippen MR) is 66.4 cm³/mol. The third kappa shape index (κ3) is 2.51. The molecule has 18 heavy (non-hydrogen) atoms. The van der Waals surface area contributed by atoms with Gasteiger partial charge in [-0.2, -0.15) is 5.10 Å². The van der Waals surface area contributed by atoms with E-state index in [2.05, 4.69) is 15.2 Å². The van der Waals surface area contributed by atoms with E-state index in [1.165, 1.54) is 13.1 Å². The van der Waals surface area contributed by atoms with Crippen molar-refractivity contribution in [2.75, 3.05) is 6.61 Å². The predicted octanol–water partition coefficient (Wildman–Crippen LogP) is 2.14. The van der Waals surface area contributed by atoms with E-state index in [1.54, 1.807) is 0 Å². The number of benzene rings is 1. The van der Waals surface area contributed by atoms with E-state index in [0.717, 1.165) is 5.56 Å². The van der Waals surface area contributed by atoms with Crippen LogP contribution in [0.15, 0.2) is 30.5 Å². The number of hydrogen-bond donors (Lipinski definition) is 0. The molecular weight excluding hydrogens is 230 g/mol. The van der Waals surface area contributed by atoms with Crippen molar-refractivity contribution in [1.29, 1.82) is 0 Å². The van der Waals surface area contributed by atoms with Crippen LogP contribution in [-0.2, 0) is 0 Å². The minimum Gasteiger partial charge on any atom is -0.493 e. The number of rotatable bonds is 4. The second-order valence-electron chi connectivity index (χ2n) is 3.65. The SMILES string of the molecule is CCOc1ccccc1-c1nncc(C(C)=O)n1. The number of carbonyl (C=O) groups excluding carboxylic acids is 1. The number of carbonyl (C=O) groups is 1. The molecule has 0 saturated heterocycles. The molecule has 0 saturated carbocycles. The van der Waals surface area contributed by atoms with Gasteiger partial charge in [-0.1, -0.05) is 12.1 Å². The highest BCUT2D eigenvalue weighted by molar-refractivity contribution is 5.92. The van der Waals surface area contributed by atoms with Crippen molar-refractivity contribution in [3.05, 3.63) is 36.2 Å². The van der Waals surface area contributed by atoms with E-state index >= 15 is 0 Å². The lowest BCUT2D eigenvalue weighted by Crippen LogP contribution is -2.03. The van der Waals surface area contributed by atoms with E-state index in [-0.39, 0.29) is 5.78 Å². The van der Waals surface area contributed by atoms with Crippen LogP contribution in [0.2, 0.25) is 0 Å². The van der Waals surface area contributed by atoms with Crippen LogP contribution < -0.4 is 4.74 Å². The van der Waals surface area contributed by atoms with Crippen molar-refractivity contribution >= 4 is 5.78 Å². The number of aromatic nitrogens is 3. The Bertz CT molecular complexity index is 570. The second-order valence-corrected chi connectivity index (χ2v) is 3.65. The van der Waals surface area contributed by atoms with Crippen LogP contribution in [0.3, 0.4) is 0 Å². The van der Waals surface area contributed by atoms with Gasteiger partial charge in [-0.3, -0.25) is 4.79 Å². The number of Topliss-reactive ketones (excluding diaryl/α,β-unsaturated/α-hetero) is 1. The first-order valence-electron chi connectivity index (χ1n) is 5.65. The summed E-state index contributed by atoms with van der Waals surface area (Å²) in [6, 6.07) is 7.41. The Morgan fingerprint density at radius 2 is 2.11 bits per heavy atom. The Balaban J connectivity index is 2.48. The average Bonchev–Trinajstić information content (AvgIpc) is 2.40. The highest BCUT2D eigenvalue weighted by atomic mass is 16.5. The molecule has 0 amide bonds. The number of para-hydroxylation sites is 1.